The van der Waals surface area contributed by atoms with Gasteiger partial charge in [-0.05, 0) is 13.8 Å². The van der Waals surface area contributed by atoms with Gasteiger partial charge in [0.25, 0.3) is 0 Å². The summed E-state index contributed by atoms with van der Waals surface area (Å²) in [5.74, 6) is -0.609. The fourth-order valence-corrected chi connectivity index (χ4v) is 1.58. The molecule has 2 unspecified atom stereocenters. The lowest BCUT2D eigenvalue weighted by Gasteiger charge is -2.23. The fourth-order valence-electron chi connectivity index (χ4n) is 1.58. The first-order valence-electron chi connectivity index (χ1n) is 5.91. The molecule has 0 aliphatic carbocycles. The Labute approximate surface area is 101 Å². The molecule has 6 nitrogen and oxygen atoms in total. The van der Waals surface area contributed by atoms with Crippen LogP contribution in [0.4, 0.5) is 0 Å². The molecule has 1 saturated heterocycles. The van der Waals surface area contributed by atoms with E-state index in [0.717, 1.165) is 6.54 Å². The minimum atomic E-state index is -0.612. The lowest BCUT2D eigenvalue weighted by atomic mass is 10.2. The van der Waals surface area contributed by atoms with E-state index in [9.17, 15) is 9.59 Å². The number of hydrogen-bond donors (Lipinski definition) is 2. The predicted octanol–water partition coefficient (Wildman–Crippen LogP) is -0.567. The summed E-state index contributed by atoms with van der Waals surface area (Å²) in [4.78, 5) is 22.9. The first kappa shape index (κ1) is 13.9. The van der Waals surface area contributed by atoms with E-state index in [1.54, 1.807) is 13.8 Å². The summed E-state index contributed by atoms with van der Waals surface area (Å²) >= 11 is 0. The van der Waals surface area contributed by atoms with Gasteiger partial charge in [0, 0.05) is 13.1 Å². The average molecular weight is 244 g/mol. The van der Waals surface area contributed by atoms with Crippen LogP contribution < -0.4 is 10.6 Å². The van der Waals surface area contributed by atoms with Crippen LogP contribution in [0.1, 0.15) is 20.3 Å². The first-order chi connectivity index (χ1) is 8.13. The fraction of sp³-hybridized carbons (Fsp3) is 0.818. The van der Waals surface area contributed by atoms with Gasteiger partial charge in [-0.3, -0.25) is 4.79 Å². The molecule has 0 aromatic rings. The van der Waals surface area contributed by atoms with Gasteiger partial charge < -0.3 is 20.1 Å². The van der Waals surface area contributed by atoms with Gasteiger partial charge in [-0.2, -0.15) is 0 Å². The summed E-state index contributed by atoms with van der Waals surface area (Å²) in [5, 5.41) is 5.73. The van der Waals surface area contributed by atoms with Crippen molar-refractivity contribution in [3.05, 3.63) is 0 Å². The molecule has 0 saturated carbocycles. The maximum atomic E-state index is 11.6. The average Bonchev–Trinajstić information content (AvgIpc) is 2.30. The van der Waals surface area contributed by atoms with Crippen molar-refractivity contribution in [1.29, 1.82) is 0 Å². The Bertz CT molecular complexity index is 264. The molecule has 0 spiro atoms. The van der Waals surface area contributed by atoms with E-state index in [2.05, 4.69) is 10.6 Å². The molecule has 0 aromatic carbocycles. The molecular formula is C11H20N2O4. The normalized spacial score (nSPS) is 21.6. The van der Waals surface area contributed by atoms with Gasteiger partial charge in [0.15, 0.2) is 0 Å². The van der Waals surface area contributed by atoms with Gasteiger partial charge in [0.2, 0.25) is 5.91 Å². The molecule has 0 bridgehead atoms. The number of nitrogens with one attached hydrogen (secondary N) is 2. The molecule has 1 fully saturated rings. The van der Waals surface area contributed by atoms with Crippen molar-refractivity contribution in [2.45, 2.75) is 32.4 Å². The van der Waals surface area contributed by atoms with Gasteiger partial charge in [-0.25, -0.2) is 4.79 Å². The van der Waals surface area contributed by atoms with Crippen LogP contribution in [0.15, 0.2) is 0 Å². The SMILES string of the molecule is CCOC(=O)C(C)NC(=O)CC1CNCCO1. The number of ether oxygens (including phenoxy) is 2. The number of carbonyl (C=O) groups is 2. The zero-order valence-electron chi connectivity index (χ0n) is 10.3. The highest BCUT2D eigenvalue weighted by molar-refractivity contribution is 5.84. The second-order valence-electron chi connectivity index (χ2n) is 3.94. The summed E-state index contributed by atoms with van der Waals surface area (Å²) in [7, 11) is 0. The molecule has 17 heavy (non-hydrogen) atoms. The molecule has 0 aromatic heterocycles. The Kier molecular flexibility index (Phi) is 5.93. The van der Waals surface area contributed by atoms with Crippen molar-refractivity contribution in [1.82, 2.24) is 10.6 Å². The molecule has 6 heteroatoms. The zero-order chi connectivity index (χ0) is 12.7. The van der Waals surface area contributed by atoms with Crippen molar-refractivity contribution in [2.75, 3.05) is 26.3 Å². The standard InChI is InChI=1S/C11H20N2O4/c1-3-16-11(15)8(2)13-10(14)6-9-7-12-4-5-17-9/h8-9,12H,3-7H2,1-2H3,(H,13,14). The minimum Gasteiger partial charge on any atom is -0.464 e. The molecule has 98 valence electrons. The van der Waals surface area contributed by atoms with E-state index in [1.165, 1.54) is 0 Å². The summed E-state index contributed by atoms with van der Waals surface area (Å²) < 4.78 is 10.2. The number of carbonyl (C=O) groups excluding carboxylic acids is 2. The van der Waals surface area contributed by atoms with Gasteiger partial charge >= 0.3 is 5.97 Å². The van der Waals surface area contributed by atoms with E-state index >= 15 is 0 Å². The van der Waals surface area contributed by atoms with Gasteiger partial charge in [0.05, 0.1) is 25.7 Å². The molecule has 2 atom stereocenters. The highest BCUT2D eigenvalue weighted by Crippen LogP contribution is 2.01. The number of amides is 1. The third-order valence-corrected chi connectivity index (χ3v) is 2.44. The second kappa shape index (κ2) is 7.24. The lowest BCUT2D eigenvalue weighted by Crippen LogP contribution is -2.44. The van der Waals surface area contributed by atoms with E-state index in [-0.39, 0.29) is 18.4 Å². The number of hydrogen-bond acceptors (Lipinski definition) is 5. The monoisotopic (exact) mass is 244 g/mol. The van der Waals surface area contributed by atoms with Crippen LogP contribution in [0.3, 0.4) is 0 Å². The van der Waals surface area contributed by atoms with Gasteiger partial charge in [0.1, 0.15) is 6.04 Å². The smallest absolute Gasteiger partial charge is 0.328 e. The molecule has 1 aliphatic heterocycles. The van der Waals surface area contributed by atoms with Gasteiger partial charge in [-0.1, -0.05) is 0 Å². The molecule has 1 rings (SSSR count). The Balaban J connectivity index is 2.25. The van der Waals surface area contributed by atoms with Crippen LogP contribution in [-0.2, 0) is 19.1 Å². The number of morpholine rings is 1. The quantitative estimate of drug-likeness (QED) is 0.634. The van der Waals surface area contributed by atoms with Crippen LogP contribution in [0.5, 0.6) is 0 Å². The Morgan fingerprint density at radius 1 is 1.59 bits per heavy atom. The van der Waals surface area contributed by atoms with Crippen LogP contribution in [0.25, 0.3) is 0 Å². The highest BCUT2D eigenvalue weighted by Gasteiger charge is 2.21. The first-order valence-corrected chi connectivity index (χ1v) is 5.91. The summed E-state index contributed by atoms with van der Waals surface area (Å²) in [5.41, 5.74) is 0. The molecule has 1 heterocycles. The predicted molar refractivity (Wildman–Crippen MR) is 61.5 cm³/mol. The molecule has 2 N–H and O–H groups in total. The molecule has 1 aliphatic rings. The van der Waals surface area contributed by atoms with Crippen molar-refractivity contribution in [3.8, 4) is 0 Å². The molecule has 1 amide bonds. The largest absolute Gasteiger partial charge is 0.464 e. The van der Waals surface area contributed by atoms with Crippen molar-refractivity contribution in [3.63, 3.8) is 0 Å². The lowest BCUT2D eigenvalue weighted by molar-refractivity contribution is -0.147. The maximum absolute atomic E-state index is 11.6. The third kappa shape index (κ3) is 5.14. The van der Waals surface area contributed by atoms with E-state index < -0.39 is 12.0 Å². The van der Waals surface area contributed by atoms with Crippen molar-refractivity contribution in [2.24, 2.45) is 0 Å². The second-order valence-corrected chi connectivity index (χ2v) is 3.94. The van der Waals surface area contributed by atoms with Crippen LogP contribution in [-0.4, -0.2) is 50.3 Å². The minimum absolute atomic E-state index is 0.113. The zero-order valence-corrected chi connectivity index (χ0v) is 10.3. The summed E-state index contributed by atoms with van der Waals surface area (Å²) in [6.07, 6.45) is 0.148. The van der Waals surface area contributed by atoms with E-state index in [0.29, 0.717) is 19.8 Å². The maximum Gasteiger partial charge on any atom is 0.328 e. The Morgan fingerprint density at radius 2 is 2.35 bits per heavy atom. The summed E-state index contributed by atoms with van der Waals surface area (Å²) in [6.45, 7) is 5.75. The van der Waals surface area contributed by atoms with Crippen LogP contribution >= 0.6 is 0 Å². The Hall–Kier alpha value is -1.14. The highest BCUT2D eigenvalue weighted by atomic mass is 16.5. The topological polar surface area (TPSA) is 76.7 Å². The summed E-state index contributed by atoms with van der Waals surface area (Å²) in [6, 6.07) is -0.612. The van der Waals surface area contributed by atoms with Crippen LogP contribution in [0, 0.1) is 0 Å². The van der Waals surface area contributed by atoms with Crippen molar-refractivity contribution < 1.29 is 19.1 Å². The van der Waals surface area contributed by atoms with Crippen molar-refractivity contribution >= 4 is 11.9 Å². The molecule has 0 radical (unpaired) electrons. The van der Waals surface area contributed by atoms with E-state index in [4.69, 9.17) is 9.47 Å². The van der Waals surface area contributed by atoms with Gasteiger partial charge in [-0.15, -0.1) is 0 Å². The number of esters is 1. The van der Waals surface area contributed by atoms with Crippen LogP contribution in [0.2, 0.25) is 0 Å². The number of rotatable bonds is 5. The molecular weight excluding hydrogens is 224 g/mol. The Morgan fingerprint density at radius 3 is 2.94 bits per heavy atom. The third-order valence-electron chi connectivity index (χ3n) is 2.44. The van der Waals surface area contributed by atoms with E-state index in [1.807, 2.05) is 0 Å².